The lowest BCUT2D eigenvalue weighted by Crippen LogP contribution is -2.18. The number of nitrogens with one attached hydrogen (secondary N) is 3. The Hall–Kier alpha value is -1.88. The first kappa shape index (κ1) is 17.5. The predicted molar refractivity (Wildman–Crippen MR) is 106 cm³/mol. The lowest BCUT2D eigenvalue weighted by molar-refractivity contribution is 0.0966. The Bertz CT molecular complexity index is 1020. The second-order valence-electron chi connectivity index (χ2n) is 6.33. The van der Waals surface area contributed by atoms with Gasteiger partial charge >= 0.3 is 0 Å². The van der Waals surface area contributed by atoms with E-state index in [0.29, 0.717) is 41.9 Å². The zero-order valence-electron chi connectivity index (χ0n) is 13.5. The number of halogens is 2. The van der Waals surface area contributed by atoms with Crippen LogP contribution in [0.4, 0.5) is 21.5 Å². The third kappa shape index (κ3) is 3.37. The van der Waals surface area contributed by atoms with Crippen LogP contribution < -0.4 is 15.4 Å². The minimum Gasteiger partial charge on any atom is -0.351 e. The van der Waals surface area contributed by atoms with Gasteiger partial charge in [-0.25, -0.2) is 12.8 Å². The molecule has 1 heterocycles. The molecule has 1 aliphatic carbocycles. The number of sulfonamides is 1. The summed E-state index contributed by atoms with van der Waals surface area (Å²) in [6, 6.07) is 7.86. The topological polar surface area (TPSA) is 87.3 Å². The van der Waals surface area contributed by atoms with Crippen LogP contribution in [0.15, 0.2) is 30.3 Å². The number of fused-ring (bicyclic) bond motifs is 1. The van der Waals surface area contributed by atoms with Crippen LogP contribution in [0, 0.1) is 9.39 Å². The number of rotatable bonds is 5. The maximum absolute atomic E-state index is 14.2. The smallest absolute Gasteiger partial charge is 0.251 e. The highest BCUT2D eigenvalue weighted by Crippen LogP contribution is 2.36. The molecule has 1 aliphatic heterocycles. The van der Waals surface area contributed by atoms with Crippen molar-refractivity contribution >= 4 is 55.6 Å². The lowest BCUT2D eigenvalue weighted by Gasteiger charge is -2.16. The summed E-state index contributed by atoms with van der Waals surface area (Å²) < 4.78 is 42.2. The maximum Gasteiger partial charge on any atom is 0.251 e. The Kier molecular flexibility index (Phi) is 4.30. The summed E-state index contributed by atoms with van der Waals surface area (Å²) in [5.74, 6) is -0.694. The predicted octanol–water partition coefficient (Wildman–Crippen LogP) is 3.32. The second-order valence-corrected chi connectivity index (χ2v) is 9.54. The van der Waals surface area contributed by atoms with Gasteiger partial charge < -0.3 is 10.6 Å². The lowest BCUT2D eigenvalue weighted by atomic mass is 10.1. The number of carbonyl (C=O) groups is 1. The summed E-state index contributed by atoms with van der Waals surface area (Å²) in [4.78, 5) is 11.9. The van der Waals surface area contributed by atoms with Crippen LogP contribution in [-0.4, -0.2) is 19.6 Å². The van der Waals surface area contributed by atoms with Gasteiger partial charge in [0.05, 0.1) is 22.3 Å². The van der Waals surface area contributed by atoms with Gasteiger partial charge in [0, 0.05) is 15.7 Å². The monoisotopic (exact) mass is 487 g/mol. The number of hydrogen-bond donors (Lipinski definition) is 3. The molecule has 2 aliphatic rings. The summed E-state index contributed by atoms with van der Waals surface area (Å²) in [5.41, 5.74) is 2.01. The van der Waals surface area contributed by atoms with Crippen molar-refractivity contribution in [1.29, 1.82) is 0 Å². The molecule has 0 spiro atoms. The molecule has 6 nitrogen and oxygen atoms in total. The molecular weight excluding hydrogens is 472 g/mol. The van der Waals surface area contributed by atoms with E-state index < -0.39 is 21.1 Å². The van der Waals surface area contributed by atoms with Crippen LogP contribution in [0.3, 0.4) is 0 Å². The van der Waals surface area contributed by atoms with Crippen molar-refractivity contribution in [3.63, 3.8) is 0 Å². The number of carbonyl (C=O) groups excluding carboxylic acids is 1. The van der Waals surface area contributed by atoms with E-state index in [1.807, 2.05) is 22.6 Å². The highest BCUT2D eigenvalue weighted by molar-refractivity contribution is 14.1. The minimum absolute atomic E-state index is 0.204. The molecule has 9 heteroatoms. The van der Waals surface area contributed by atoms with E-state index in [9.17, 15) is 17.6 Å². The average molecular weight is 487 g/mol. The molecule has 136 valence electrons. The molecule has 0 atom stereocenters. The fourth-order valence-electron chi connectivity index (χ4n) is 2.81. The largest absolute Gasteiger partial charge is 0.351 e. The van der Waals surface area contributed by atoms with Gasteiger partial charge in [0.25, 0.3) is 5.91 Å². The molecule has 0 bridgehead atoms. The van der Waals surface area contributed by atoms with Gasteiger partial charge in [-0.1, -0.05) is 0 Å². The summed E-state index contributed by atoms with van der Waals surface area (Å²) in [6.45, 7) is 0.338. The zero-order chi connectivity index (χ0) is 18.5. The van der Waals surface area contributed by atoms with Crippen LogP contribution in [0.2, 0.25) is 0 Å². The van der Waals surface area contributed by atoms with Crippen molar-refractivity contribution in [1.82, 2.24) is 5.32 Å². The van der Waals surface area contributed by atoms with Gasteiger partial charge in [0.15, 0.2) is 0 Å². The van der Waals surface area contributed by atoms with E-state index in [-0.39, 0.29) is 11.6 Å². The van der Waals surface area contributed by atoms with Crippen molar-refractivity contribution in [2.75, 3.05) is 10.0 Å². The SMILES string of the molecule is O=C1NCc2cc(NS(=O)(=O)C3CC3)c(Nc3ccc(I)cc3F)cc21. The van der Waals surface area contributed by atoms with E-state index in [1.165, 1.54) is 6.07 Å². The van der Waals surface area contributed by atoms with Crippen LogP contribution in [0.25, 0.3) is 0 Å². The first-order valence-electron chi connectivity index (χ1n) is 8.02. The molecule has 0 aromatic heterocycles. The fraction of sp³-hybridized carbons (Fsp3) is 0.235. The third-order valence-electron chi connectivity index (χ3n) is 4.34. The first-order chi connectivity index (χ1) is 12.3. The van der Waals surface area contributed by atoms with Gasteiger partial charge in [-0.15, -0.1) is 0 Å². The molecule has 0 radical (unpaired) electrons. The van der Waals surface area contributed by atoms with E-state index >= 15 is 0 Å². The highest BCUT2D eigenvalue weighted by atomic mass is 127. The van der Waals surface area contributed by atoms with Crippen molar-refractivity contribution < 1.29 is 17.6 Å². The molecule has 1 fully saturated rings. The highest BCUT2D eigenvalue weighted by Gasteiger charge is 2.36. The number of benzene rings is 2. The Morgan fingerprint density at radius 3 is 2.58 bits per heavy atom. The maximum atomic E-state index is 14.2. The molecule has 2 aromatic carbocycles. The summed E-state index contributed by atoms with van der Waals surface area (Å²) in [6.07, 6.45) is 1.27. The van der Waals surface area contributed by atoms with Crippen LogP contribution >= 0.6 is 22.6 Å². The van der Waals surface area contributed by atoms with Gasteiger partial charge in [0.1, 0.15) is 5.82 Å². The third-order valence-corrected chi connectivity index (χ3v) is 6.87. The van der Waals surface area contributed by atoms with Gasteiger partial charge in [-0.2, -0.15) is 0 Å². The van der Waals surface area contributed by atoms with Crippen molar-refractivity contribution in [2.24, 2.45) is 0 Å². The van der Waals surface area contributed by atoms with Crippen molar-refractivity contribution in [3.05, 3.63) is 50.8 Å². The van der Waals surface area contributed by atoms with E-state index in [2.05, 4.69) is 15.4 Å². The molecule has 1 saturated carbocycles. The van der Waals surface area contributed by atoms with Crippen LogP contribution in [-0.2, 0) is 16.6 Å². The molecular formula is C17H15FIN3O3S. The first-order valence-corrected chi connectivity index (χ1v) is 10.6. The fourth-order valence-corrected chi connectivity index (χ4v) is 4.66. The Morgan fingerprint density at radius 2 is 1.88 bits per heavy atom. The number of hydrogen-bond acceptors (Lipinski definition) is 4. The second kappa shape index (κ2) is 6.38. The quantitative estimate of drug-likeness (QED) is 0.565. The summed E-state index contributed by atoms with van der Waals surface area (Å²) in [7, 11) is -3.49. The van der Waals surface area contributed by atoms with E-state index in [1.54, 1.807) is 24.3 Å². The molecule has 26 heavy (non-hydrogen) atoms. The number of amides is 1. The molecule has 4 rings (SSSR count). The Morgan fingerprint density at radius 1 is 1.12 bits per heavy atom. The van der Waals surface area contributed by atoms with Crippen LogP contribution in [0.1, 0.15) is 28.8 Å². The normalized spacial score (nSPS) is 16.2. The molecule has 0 unspecified atom stereocenters. The summed E-state index contributed by atoms with van der Waals surface area (Å²) >= 11 is 2.01. The zero-order valence-corrected chi connectivity index (χ0v) is 16.4. The standard InChI is InChI=1S/C17H15FIN3O3S/c18-13-6-10(19)1-4-14(13)21-15-7-12-9(8-20-17(12)23)5-16(15)22-26(24,25)11-2-3-11/h1,4-7,11,21-22H,2-3,8H2,(H,20,23). The molecule has 1 amide bonds. The van der Waals surface area contributed by atoms with Crippen molar-refractivity contribution in [3.8, 4) is 0 Å². The van der Waals surface area contributed by atoms with Gasteiger partial charge in [-0.05, 0) is 71.3 Å². The van der Waals surface area contributed by atoms with E-state index in [0.717, 1.165) is 3.57 Å². The van der Waals surface area contributed by atoms with Crippen molar-refractivity contribution in [2.45, 2.75) is 24.6 Å². The van der Waals surface area contributed by atoms with Crippen LogP contribution in [0.5, 0.6) is 0 Å². The molecule has 3 N–H and O–H groups in total. The minimum atomic E-state index is -3.49. The molecule has 0 saturated heterocycles. The average Bonchev–Trinajstić information content (AvgIpc) is 3.37. The van der Waals surface area contributed by atoms with E-state index in [4.69, 9.17) is 0 Å². The number of anilines is 3. The van der Waals surface area contributed by atoms with Gasteiger partial charge in [-0.3, -0.25) is 9.52 Å². The Labute approximate surface area is 163 Å². The Balaban J connectivity index is 1.75. The summed E-state index contributed by atoms with van der Waals surface area (Å²) in [5, 5.41) is 5.23. The molecule has 2 aromatic rings. The van der Waals surface area contributed by atoms with Gasteiger partial charge in [0.2, 0.25) is 10.0 Å².